The van der Waals surface area contributed by atoms with E-state index < -0.39 is 0 Å². The SMILES string of the molecule is Cc1cccc(O/C(=C\C#N)c2ccccc2)c1. The molecule has 2 aromatic carbocycles. The van der Waals surface area contributed by atoms with E-state index in [4.69, 9.17) is 10.00 Å². The van der Waals surface area contributed by atoms with E-state index in [0.717, 1.165) is 16.9 Å². The Hall–Kier alpha value is -2.53. The molecule has 0 radical (unpaired) electrons. The molecule has 0 amide bonds. The molecule has 2 nitrogen and oxygen atoms in total. The van der Waals surface area contributed by atoms with Gasteiger partial charge in [0.15, 0.2) is 0 Å². The van der Waals surface area contributed by atoms with Gasteiger partial charge in [-0.1, -0.05) is 42.5 Å². The van der Waals surface area contributed by atoms with Gasteiger partial charge in [0, 0.05) is 5.56 Å². The lowest BCUT2D eigenvalue weighted by atomic mass is 10.2. The minimum absolute atomic E-state index is 0.559. The van der Waals surface area contributed by atoms with Crippen molar-refractivity contribution in [2.75, 3.05) is 0 Å². The molecule has 88 valence electrons. The van der Waals surface area contributed by atoms with Gasteiger partial charge in [-0.3, -0.25) is 0 Å². The van der Waals surface area contributed by atoms with E-state index in [-0.39, 0.29) is 0 Å². The van der Waals surface area contributed by atoms with Crippen LogP contribution in [0.15, 0.2) is 60.7 Å². The minimum Gasteiger partial charge on any atom is -0.456 e. The molecule has 0 unspecified atom stereocenters. The van der Waals surface area contributed by atoms with Crippen LogP contribution in [0.3, 0.4) is 0 Å². The van der Waals surface area contributed by atoms with Crippen molar-refractivity contribution in [1.82, 2.24) is 0 Å². The van der Waals surface area contributed by atoms with E-state index in [1.807, 2.05) is 67.6 Å². The van der Waals surface area contributed by atoms with Gasteiger partial charge in [0.1, 0.15) is 11.5 Å². The molecule has 0 saturated carbocycles. The van der Waals surface area contributed by atoms with Crippen LogP contribution in [0.1, 0.15) is 11.1 Å². The van der Waals surface area contributed by atoms with Crippen molar-refractivity contribution in [2.45, 2.75) is 6.92 Å². The molecule has 0 heterocycles. The monoisotopic (exact) mass is 235 g/mol. The van der Waals surface area contributed by atoms with Gasteiger partial charge < -0.3 is 4.74 Å². The van der Waals surface area contributed by atoms with Gasteiger partial charge in [-0.2, -0.15) is 5.26 Å². The lowest BCUT2D eigenvalue weighted by molar-refractivity contribution is 0.515. The van der Waals surface area contributed by atoms with Crippen LogP contribution in [0.4, 0.5) is 0 Å². The molecule has 2 heteroatoms. The number of allylic oxidation sites excluding steroid dienone is 1. The second-order valence-electron chi connectivity index (χ2n) is 3.92. The smallest absolute Gasteiger partial charge is 0.145 e. The summed E-state index contributed by atoms with van der Waals surface area (Å²) in [5.74, 6) is 1.30. The number of hydrogen-bond donors (Lipinski definition) is 0. The Morgan fingerprint density at radius 2 is 1.89 bits per heavy atom. The highest BCUT2D eigenvalue weighted by Gasteiger charge is 2.04. The first-order valence-electron chi connectivity index (χ1n) is 5.69. The third-order valence-corrected chi connectivity index (χ3v) is 2.47. The van der Waals surface area contributed by atoms with Gasteiger partial charge >= 0.3 is 0 Å². The van der Waals surface area contributed by atoms with Crippen LogP contribution in [0.5, 0.6) is 5.75 Å². The molecule has 0 N–H and O–H groups in total. The number of benzene rings is 2. The topological polar surface area (TPSA) is 33.0 Å². The molecule has 0 aliphatic heterocycles. The minimum atomic E-state index is 0.559. The summed E-state index contributed by atoms with van der Waals surface area (Å²) in [5, 5.41) is 8.82. The van der Waals surface area contributed by atoms with Crippen LogP contribution >= 0.6 is 0 Å². The summed E-state index contributed by atoms with van der Waals surface area (Å²) >= 11 is 0. The van der Waals surface area contributed by atoms with Gasteiger partial charge in [0.2, 0.25) is 0 Å². The highest BCUT2D eigenvalue weighted by atomic mass is 16.5. The van der Waals surface area contributed by atoms with Crippen LogP contribution in [0.25, 0.3) is 5.76 Å². The molecule has 0 atom stereocenters. The first-order chi connectivity index (χ1) is 8.79. The maximum Gasteiger partial charge on any atom is 0.145 e. The first-order valence-corrected chi connectivity index (χ1v) is 5.69. The fourth-order valence-corrected chi connectivity index (χ4v) is 1.64. The van der Waals surface area contributed by atoms with E-state index in [9.17, 15) is 0 Å². The van der Waals surface area contributed by atoms with E-state index in [0.29, 0.717) is 5.76 Å². The van der Waals surface area contributed by atoms with E-state index in [1.54, 1.807) is 0 Å². The molecule has 2 rings (SSSR count). The summed E-state index contributed by atoms with van der Waals surface area (Å²) in [6.45, 7) is 2.00. The molecule has 2 aromatic rings. The normalized spacial score (nSPS) is 10.8. The number of nitriles is 1. The van der Waals surface area contributed by atoms with Gasteiger partial charge in [-0.15, -0.1) is 0 Å². The lowest BCUT2D eigenvalue weighted by Gasteiger charge is -2.09. The predicted molar refractivity (Wildman–Crippen MR) is 71.8 cm³/mol. The van der Waals surface area contributed by atoms with E-state index >= 15 is 0 Å². The van der Waals surface area contributed by atoms with Crippen molar-refractivity contribution in [2.24, 2.45) is 0 Å². The van der Waals surface area contributed by atoms with Gasteiger partial charge in [-0.25, -0.2) is 0 Å². The van der Waals surface area contributed by atoms with E-state index in [1.165, 1.54) is 6.08 Å². The van der Waals surface area contributed by atoms with E-state index in [2.05, 4.69) is 0 Å². The zero-order valence-electron chi connectivity index (χ0n) is 10.1. The first kappa shape index (κ1) is 11.9. The Morgan fingerprint density at radius 1 is 1.11 bits per heavy atom. The molecule has 0 bridgehead atoms. The summed E-state index contributed by atoms with van der Waals surface area (Å²) in [6.07, 6.45) is 1.41. The highest BCUT2D eigenvalue weighted by Crippen LogP contribution is 2.21. The van der Waals surface area contributed by atoms with Crippen LogP contribution in [-0.4, -0.2) is 0 Å². The zero-order chi connectivity index (χ0) is 12.8. The van der Waals surface area contributed by atoms with Crippen LogP contribution in [-0.2, 0) is 0 Å². The fourth-order valence-electron chi connectivity index (χ4n) is 1.64. The van der Waals surface area contributed by atoms with Crippen molar-refractivity contribution in [1.29, 1.82) is 5.26 Å². The fraction of sp³-hybridized carbons (Fsp3) is 0.0625. The third-order valence-electron chi connectivity index (χ3n) is 2.47. The number of aryl methyl sites for hydroxylation is 1. The third kappa shape index (κ3) is 2.99. The molecule has 0 saturated heterocycles. The molecule has 0 aliphatic rings. The summed E-state index contributed by atoms with van der Waals surface area (Å²) in [6, 6.07) is 19.4. The number of rotatable bonds is 3. The molecular weight excluding hydrogens is 222 g/mol. The maximum atomic E-state index is 8.82. The standard InChI is InChI=1S/C16H13NO/c1-13-6-5-9-15(12-13)18-16(10-11-17)14-7-3-2-4-8-14/h2-10,12H,1H3/b16-10-. The molecule has 18 heavy (non-hydrogen) atoms. The molecular formula is C16H13NO. The molecule has 0 fully saturated rings. The molecule has 0 aromatic heterocycles. The van der Waals surface area contributed by atoms with Crippen LogP contribution < -0.4 is 4.74 Å². The van der Waals surface area contributed by atoms with Crippen molar-refractivity contribution in [3.05, 3.63) is 71.8 Å². The van der Waals surface area contributed by atoms with Crippen molar-refractivity contribution in [3.8, 4) is 11.8 Å². The van der Waals surface area contributed by atoms with Gasteiger partial charge in [0.05, 0.1) is 12.1 Å². The quantitative estimate of drug-likeness (QED) is 0.596. The summed E-state index contributed by atoms with van der Waals surface area (Å²) < 4.78 is 5.76. The molecule has 0 spiro atoms. The summed E-state index contributed by atoms with van der Waals surface area (Å²) in [5.41, 5.74) is 2.01. The highest BCUT2D eigenvalue weighted by molar-refractivity contribution is 5.64. The van der Waals surface area contributed by atoms with Crippen LogP contribution in [0.2, 0.25) is 0 Å². The predicted octanol–water partition coefficient (Wildman–Crippen LogP) is 3.94. The van der Waals surface area contributed by atoms with Gasteiger partial charge in [-0.05, 0) is 24.6 Å². The largest absolute Gasteiger partial charge is 0.456 e. The average Bonchev–Trinajstić information content (AvgIpc) is 2.39. The summed E-state index contributed by atoms with van der Waals surface area (Å²) in [7, 11) is 0. The Labute approximate surface area is 107 Å². The molecule has 0 aliphatic carbocycles. The average molecular weight is 235 g/mol. The second kappa shape index (κ2) is 5.70. The Balaban J connectivity index is 2.29. The van der Waals surface area contributed by atoms with Crippen molar-refractivity contribution >= 4 is 5.76 Å². The van der Waals surface area contributed by atoms with Crippen LogP contribution in [0, 0.1) is 18.3 Å². The maximum absolute atomic E-state index is 8.82. The van der Waals surface area contributed by atoms with Crippen molar-refractivity contribution < 1.29 is 4.74 Å². The van der Waals surface area contributed by atoms with Gasteiger partial charge in [0.25, 0.3) is 0 Å². The number of hydrogen-bond acceptors (Lipinski definition) is 2. The Kier molecular flexibility index (Phi) is 3.78. The number of ether oxygens (including phenoxy) is 1. The Morgan fingerprint density at radius 3 is 2.56 bits per heavy atom. The summed E-state index contributed by atoms with van der Waals surface area (Å²) in [4.78, 5) is 0. The number of nitrogens with zero attached hydrogens (tertiary/aromatic N) is 1. The van der Waals surface area contributed by atoms with Crippen molar-refractivity contribution in [3.63, 3.8) is 0 Å². The zero-order valence-corrected chi connectivity index (χ0v) is 10.1. The second-order valence-corrected chi connectivity index (χ2v) is 3.92. The Bertz CT molecular complexity index is 594. The lowest BCUT2D eigenvalue weighted by Crippen LogP contribution is -1.94.